The van der Waals surface area contributed by atoms with Crippen LogP contribution in [-0.2, 0) is 5.60 Å². The van der Waals surface area contributed by atoms with E-state index in [-0.39, 0.29) is 11.6 Å². The third-order valence-corrected chi connectivity index (χ3v) is 2.95. The number of nitrogens with zero attached hydrogens (tertiary/aromatic N) is 2. The van der Waals surface area contributed by atoms with Gasteiger partial charge in [0.15, 0.2) is 0 Å². The van der Waals surface area contributed by atoms with Gasteiger partial charge in [0.25, 0.3) is 0 Å². The van der Waals surface area contributed by atoms with Crippen molar-refractivity contribution >= 4 is 0 Å². The summed E-state index contributed by atoms with van der Waals surface area (Å²) in [5, 5.41) is 0. The van der Waals surface area contributed by atoms with Crippen molar-refractivity contribution in [3.05, 3.63) is 53.9 Å². The molecule has 3 rings (SSSR count). The molecule has 1 fully saturated rings. The number of rotatable bonds is 3. The van der Waals surface area contributed by atoms with Gasteiger partial charge in [-0.3, -0.25) is 0 Å². The average Bonchev–Trinajstić information content (AvgIpc) is 3.10. The Hall–Kier alpha value is -2.04. The second-order valence-corrected chi connectivity index (χ2v) is 4.22. The highest BCUT2D eigenvalue weighted by Gasteiger charge is 2.51. The van der Waals surface area contributed by atoms with Gasteiger partial charge in [0.1, 0.15) is 17.2 Å². The van der Waals surface area contributed by atoms with Crippen molar-refractivity contribution in [2.24, 2.45) is 0 Å². The molecule has 1 aromatic carbocycles. The van der Waals surface area contributed by atoms with Crippen LogP contribution < -0.4 is 4.74 Å². The van der Waals surface area contributed by atoms with Gasteiger partial charge in [-0.2, -0.15) is 0 Å². The maximum Gasteiger partial charge on any atom is 0.317 e. The topological polar surface area (TPSA) is 35.0 Å². The molecule has 0 bridgehead atoms. The van der Waals surface area contributed by atoms with Crippen LogP contribution in [0.15, 0.2) is 36.7 Å². The third kappa shape index (κ3) is 1.81. The fourth-order valence-corrected chi connectivity index (χ4v) is 1.96. The quantitative estimate of drug-likeness (QED) is 0.837. The van der Waals surface area contributed by atoms with Crippen LogP contribution in [0.1, 0.15) is 18.4 Å². The zero-order valence-corrected chi connectivity index (χ0v) is 9.44. The van der Waals surface area contributed by atoms with E-state index in [1.807, 2.05) is 0 Å². The van der Waals surface area contributed by atoms with Crippen LogP contribution in [0.2, 0.25) is 0 Å². The Balaban J connectivity index is 1.96. The minimum atomic E-state index is -0.948. The molecule has 3 nitrogen and oxygen atoms in total. The molecule has 0 unspecified atom stereocenters. The number of hydrogen-bond acceptors (Lipinski definition) is 3. The molecule has 0 aliphatic heterocycles. The van der Waals surface area contributed by atoms with E-state index in [9.17, 15) is 8.78 Å². The van der Waals surface area contributed by atoms with Crippen LogP contribution in [0.25, 0.3) is 0 Å². The fourth-order valence-electron chi connectivity index (χ4n) is 1.96. The predicted molar refractivity (Wildman–Crippen MR) is 59.9 cm³/mol. The number of halogens is 2. The van der Waals surface area contributed by atoms with Gasteiger partial charge in [-0.15, -0.1) is 0 Å². The van der Waals surface area contributed by atoms with E-state index in [0.29, 0.717) is 12.8 Å². The molecule has 92 valence electrons. The minimum absolute atomic E-state index is 0.0301. The Kier molecular flexibility index (Phi) is 2.47. The molecule has 1 saturated carbocycles. The van der Waals surface area contributed by atoms with Gasteiger partial charge < -0.3 is 4.74 Å². The van der Waals surface area contributed by atoms with Crippen molar-refractivity contribution in [2.75, 3.05) is 0 Å². The van der Waals surface area contributed by atoms with E-state index in [1.54, 1.807) is 6.07 Å². The summed E-state index contributed by atoms with van der Waals surface area (Å²) in [5.74, 6) is -1.19. The first-order valence-electron chi connectivity index (χ1n) is 5.62. The van der Waals surface area contributed by atoms with Crippen LogP contribution in [0, 0.1) is 11.6 Å². The standard InChI is InChI=1S/C13H10F2N2O/c14-9-3-1-4-10(15)11(9)13(5-6-13)18-12-16-7-2-8-17-12/h1-4,7-8H,5-6H2. The summed E-state index contributed by atoms with van der Waals surface area (Å²) in [6.45, 7) is 0. The van der Waals surface area contributed by atoms with E-state index in [0.717, 1.165) is 0 Å². The Morgan fingerprint density at radius 3 is 2.17 bits per heavy atom. The van der Waals surface area contributed by atoms with Crippen LogP contribution in [0.5, 0.6) is 6.01 Å². The van der Waals surface area contributed by atoms with Gasteiger partial charge >= 0.3 is 6.01 Å². The molecule has 1 heterocycles. The summed E-state index contributed by atoms with van der Waals surface area (Å²) >= 11 is 0. The van der Waals surface area contributed by atoms with Gasteiger partial charge in [0.05, 0.1) is 5.56 Å². The fraction of sp³-hybridized carbons (Fsp3) is 0.231. The summed E-state index contributed by atoms with van der Waals surface area (Å²) < 4.78 is 33.0. The first kappa shape index (κ1) is 11.1. The Morgan fingerprint density at radius 2 is 1.61 bits per heavy atom. The normalized spacial score (nSPS) is 16.3. The van der Waals surface area contributed by atoms with E-state index < -0.39 is 17.2 Å². The molecule has 0 N–H and O–H groups in total. The van der Waals surface area contributed by atoms with Crippen molar-refractivity contribution in [1.82, 2.24) is 9.97 Å². The van der Waals surface area contributed by atoms with E-state index >= 15 is 0 Å². The van der Waals surface area contributed by atoms with Crippen LogP contribution in [-0.4, -0.2) is 9.97 Å². The minimum Gasteiger partial charge on any atom is -0.452 e. The number of ether oxygens (including phenoxy) is 1. The van der Waals surface area contributed by atoms with E-state index in [1.165, 1.54) is 30.6 Å². The molecular weight excluding hydrogens is 238 g/mol. The van der Waals surface area contributed by atoms with Crippen molar-refractivity contribution in [1.29, 1.82) is 0 Å². The summed E-state index contributed by atoms with van der Waals surface area (Å²) in [6.07, 6.45) is 4.17. The summed E-state index contributed by atoms with van der Waals surface area (Å²) in [6, 6.07) is 5.58. The highest BCUT2D eigenvalue weighted by Crippen LogP contribution is 2.50. The second-order valence-electron chi connectivity index (χ2n) is 4.22. The lowest BCUT2D eigenvalue weighted by atomic mass is 10.1. The van der Waals surface area contributed by atoms with Crippen LogP contribution >= 0.6 is 0 Å². The lowest BCUT2D eigenvalue weighted by molar-refractivity contribution is 0.154. The monoisotopic (exact) mass is 248 g/mol. The molecule has 0 radical (unpaired) electrons. The molecule has 0 atom stereocenters. The van der Waals surface area contributed by atoms with Crippen LogP contribution in [0.4, 0.5) is 8.78 Å². The zero-order chi connectivity index (χ0) is 12.6. The first-order chi connectivity index (χ1) is 8.71. The largest absolute Gasteiger partial charge is 0.452 e. The predicted octanol–water partition coefficient (Wildman–Crippen LogP) is 2.82. The average molecular weight is 248 g/mol. The molecule has 18 heavy (non-hydrogen) atoms. The number of benzene rings is 1. The zero-order valence-electron chi connectivity index (χ0n) is 9.44. The lowest BCUT2D eigenvalue weighted by Gasteiger charge is -2.17. The van der Waals surface area contributed by atoms with Crippen molar-refractivity contribution < 1.29 is 13.5 Å². The van der Waals surface area contributed by atoms with Gasteiger partial charge in [0.2, 0.25) is 0 Å². The molecule has 1 aliphatic carbocycles. The second kappa shape index (κ2) is 4.01. The maximum absolute atomic E-state index is 13.7. The van der Waals surface area contributed by atoms with Gasteiger partial charge in [-0.25, -0.2) is 18.7 Å². The molecule has 0 amide bonds. The van der Waals surface area contributed by atoms with Gasteiger partial charge in [0, 0.05) is 12.4 Å². The van der Waals surface area contributed by atoms with Gasteiger partial charge in [-0.1, -0.05) is 6.07 Å². The van der Waals surface area contributed by atoms with Crippen molar-refractivity contribution in [2.45, 2.75) is 18.4 Å². The maximum atomic E-state index is 13.7. The SMILES string of the molecule is Fc1cccc(F)c1C1(Oc2ncccn2)CC1. The molecule has 5 heteroatoms. The summed E-state index contributed by atoms with van der Waals surface area (Å²) in [5.41, 5.74) is -0.978. The molecule has 0 spiro atoms. The van der Waals surface area contributed by atoms with Crippen molar-refractivity contribution in [3.8, 4) is 6.01 Å². The Morgan fingerprint density at radius 1 is 1.00 bits per heavy atom. The molecule has 2 aromatic rings. The van der Waals surface area contributed by atoms with Crippen LogP contribution in [0.3, 0.4) is 0 Å². The number of hydrogen-bond donors (Lipinski definition) is 0. The lowest BCUT2D eigenvalue weighted by Crippen LogP contribution is -2.20. The highest BCUT2D eigenvalue weighted by molar-refractivity contribution is 5.32. The Labute approximate surface area is 102 Å². The highest BCUT2D eigenvalue weighted by atomic mass is 19.1. The van der Waals surface area contributed by atoms with Crippen molar-refractivity contribution in [3.63, 3.8) is 0 Å². The smallest absolute Gasteiger partial charge is 0.317 e. The third-order valence-electron chi connectivity index (χ3n) is 2.95. The van der Waals surface area contributed by atoms with E-state index in [2.05, 4.69) is 9.97 Å². The van der Waals surface area contributed by atoms with E-state index in [4.69, 9.17) is 4.74 Å². The molecule has 1 aromatic heterocycles. The first-order valence-corrected chi connectivity index (χ1v) is 5.62. The Bertz CT molecular complexity index is 550. The number of aromatic nitrogens is 2. The molecular formula is C13H10F2N2O. The molecule has 0 saturated heterocycles. The summed E-state index contributed by atoms with van der Waals surface area (Å²) in [4.78, 5) is 7.82. The summed E-state index contributed by atoms with van der Waals surface area (Å²) in [7, 11) is 0. The molecule has 1 aliphatic rings. The van der Waals surface area contributed by atoms with Gasteiger partial charge in [-0.05, 0) is 31.0 Å².